The lowest BCUT2D eigenvalue weighted by Crippen LogP contribution is -2.39. The highest BCUT2D eigenvalue weighted by Crippen LogP contribution is 2.35. The van der Waals surface area contributed by atoms with Crippen molar-refractivity contribution in [1.82, 2.24) is 9.62 Å². The van der Waals surface area contributed by atoms with E-state index in [9.17, 15) is 8.42 Å². The van der Waals surface area contributed by atoms with E-state index in [1.165, 1.54) is 11.3 Å². The Kier molecular flexibility index (Phi) is 5.64. The predicted molar refractivity (Wildman–Crippen MR) is 86.6 cm³/mol. The quantitative estimate of drug-likeness (QED) is 0.853. The van der Waals surface area contributed by atoms with Gasteiger partial charge in [-0.05, 0) is 47.8 Å². The minimum Gasteiger partial charge on any atom is -0.315 e. The number of hydrogen-bond donors (Lipinski definition) is 1. The van der Waals surface area contributed by atoms with Crippen LogP contribution < -0.4 is 5.32 Å². The van der Waals surface area contributed by atoms with Crippen LogP contribution in [-0.2, 0) is 16.6 Å². The van der Waals surface area contributed by atoms with Crippen molar-refractivity contribution in [1.29, 1.82) is 0 Å². The molecule has 0 saturated carbocycles. The molecule has 1 N–H and O–H groups in total. The number of halogens is 1. The van der Waals surface area contributed by atoms with E-state index in [0.717, 1.165) is 24.1 Å². The van der Waals surface area contributed by atoms with Crippen molar-refractivity contribution in [2.75, 3.05) is 20.1 Å². The molecule has 1 saturated heterocycles. The summed E-state index contributed by atoms with van der Waals surface area (Å²) in [4.78, 5) is 1.45. The SMILES string of the molecule is CCC1CCCN(S(=O)(=O)c2cc(CNC)sc2Br)C1. The van der Waals surface area contributed by atoms with Crippen LogP contribution in [0.4, 0.5) is 0 Å². The zero-order valence-corrected chi connectivity index (χ0v) is 15.1. The normalized spacial score (nSPS) is 21.2. The number of hydrogen-bond acceptors (Lipinski definition) is 4. The summed E-state index contributed by atoms with van der Waals surface area (Å²) in [5.74, 6) is 0.493. The highest BCUT2D eigenvalue weighted by atomic mass is 79.9. The van der Waals surface area contributed by atoms with Gasteiger partial charge in [0.25, 0.3) is 0 Å². The molecule has 1 aromatic rings. The summed E-state index contributed by atoms with van der Waals surface area (Å²) in [7, 11) is -1.50. The van der Waals surface area contributed by atoms with Crippen LogP contribution in [0.15, 0.2) is 14.7 Å². The second-order valence-corrected chi connectivity index (χ2v) is 9.52. The minimum atomic E-state index is -3.36. The molecule has 0 amide bonds. The lowest BCUT2D eigenvalue weighted by Gasteiger charge is -2.31. The first-order valence-electron chi connectivity index (χ1n) is 6.92. The molecule has 1 aliphatic heterocycles. The van der Waals surface area contributed by atoms with Crippen molar-refractivity contribution in [3.05, 3.63) is 14.7 Å². The van der Waals surface area contributed by atoms with Crippen molar-refractivity contribution in [2.24, 2.45) is 5.92 Å². The number of rotatable bonds is 5. The van der Waals surface area contributed by atoms with E-state index >= 15 is 0 Å². The van der Waals surface area contributed by atoms with Gasteiger partial charge in [0.1, 0.15) is 4.90 Å². The van der Waals surface area contributed by atoms with Gasteiger partial charge in [0, 0.05) is 24.5 Å². The van der Waals surface area contributed by atoms with Gasteiger partial charge in [-0.1, -0.05) is 13.3 Å². The maximum atomic E-state index is 12.8. The Morgan fingerprint density at radius 1 is 1.55 bits per heavy atom. The third kappa shape index (κ3) is 3.44. The molecule has 4 nitrogen and oxygen atoms in total. The standard InChI is InChI=1S/C13H21BrN2O2S2/c1-3-10-5-4-6-16(9-10)20(17,18)12-7-11(8-15-2)19-13(12)14/h7,10,15H,3-6,8-9H2,1-2H3. The van der Waals surface area contributed by atoms with Gasteiger partial charge in [0.2, 0.25) is 10.0 Å². The maximum Gasteiger partial charge on any atom is 0.245 e. The summed E-state index contributed by atoms with van der Waals surface area (Å²) in [5.41, 5.74) is 0. The van der Waals surface area contributed by atoms with Crippen molar-refractivity contribution in [3.63, 3.8) is 0 Å². The fourth-order valence-corrected chi connectivity index (χ4v) is 6.75. The highest BCUT2D eigenvalue weighted by Gasteiger charge is 2.32. The van der Waals surface area contributed by atoms with Gasteiger partial charge in [-0.15, -0.1) is 11.3 Å². The second-order valence-electron chi connectivity index (χ2n) is 5.16. The monoisotopic (exact) mass is 380 g/mol. The van der Waals surface area contributed by atoms with Crippen molar-refractivity contribution >= 4 is 37.3 Å². The predicted octanol–water partition coefficient (Wildman–Crippen LogP) is 3.04. The van der Waals surface area contributed by atoms with Gasteiger partial charge < -0.3 is 5.32 Å². The van der Waals surface area contributed by atoms with Crippen LogP contribution in [0.5, 0.6) is 0 Å². The Balaban J connectivity index is 2.25. The zero-order valence-electron chi connectivity index (χ0n) is 11.9. The van der Waals surface area contributed by atoms with E-state index in [4.69, 9.17) is 0 Å². The second kappa shape index (κ2) is 6.87. The summed E-state index contributed by atoms with van der Waals surface area (Å²) in [6, 6.07) is 1.79. The number of nitrogens with one attached hydrogen (secondary N) is 1. The summed E-state index contributed by atoms with van der Waals surface area (Å²) >= 11 is 4.89. The maximum absolute atomic E-state index is 12.8. The lowest BCUT2D eigenvalue weighted by molar-refractivity contribution is 0.261. The molecular weight excluding hydrogens is 360 g/mol. The van der Waals surface area contributed by atoms with E-state index in [0.29, 0.717) is 34.2 Å². The first-order valence-corrected chi connectivity index (χ1v) is 9.97. The van der Waals surface area contributed by atoms with Crippen LogP contribution in [0.25, 0.3) is 0 Å². The number of piperidine rings is 1. The molecule has 2 rings (SSSR count). The van der Waals surface area contributed by atoms with E-state index in [2.05, 4.69) is 28.2 Å². The fraction of sp³-hybridized carbons (Fsp3) is 0.692. The molecule has 1 aliphatic rings. The van der Waals surface area contributed by atoms with E-state index < -0.39 is 10.0 Å². The molecular formula is C13H21BrN2O2S2. The summed E-state index contributed by atoms with van der Waals surface area (Å²) < 4.78 is 27.9. The summed E-state index contributed by atoms with van der Waals surface area (Å²) in [6.45, 7) is 4.12. The van der Waals surface area contributed by atoms with Gasteiger partial charge in [0.05, 0.1) is 3.79 Å². The van der Waals surface area contributed by atoms with Crippen molar-refractivity contribution in [2.45, 2.75) is 37.6 Å². The first kappa shape index (κ1) is 16.4. The molecule has 1 unspecified atom stereocenters. The molecule has 114 valence electrons. The highest BCUT2D eigenvalue weighted by molar-refractivity contribution is 9.11. The lowest BCUT2D eigenvalue weighted by atomic mass is 9.97. The molecule has 1 aromatic heterocycles. The average Bonchev–Trinajstić information content (AvgIpc) is 2.81. The van der Waals surface area contributed by atoms with Gasteiger partial charge in [-0.3, -0.25) is 0 Å². The van der Waals surface area contributed by atoms with Crippen LogP contribution in [0, 0.1) is 5.92 Å². The number of sulfonamides is 1. The largest absolute Gasteiger partial charge is 0.315 e. The van der Waals surface area contributed by atoms with E-state index in [1.54, 1.807) is 10.4 Å². The molecule has 7 heteroatoms. The smallest absolute Gasteiger partial charge is 0.245 e. The summed E-state index contributed by atoms with van der Waals surface area (Å²) in [6.07, 6.45) is 3.14. The minimum absolute atomic E-state index is 0.421. The molecule has 2 heterocycles. The van der Waals surface area contributed by atoms with Crippen LogP contribution in [0.2, 0.25) is 0 Å². The molecule has 1 fully saturated rings. The molecule has 20 heavy (non-hydrogen) atoms. The first-order chi connectivity index (χ1) is 9.48. The molecule has 0 spiro atoms. The average molecular weight is 381 g/mol. The molecule has 0 aromatic carbocycles. The van der Waals surface area contributed by atoms with Crippen molar-refractivity contribution in [3.8, 4) is 0 Å². The van der Waals surface area contributed by atoms with Crippen molar-refractivity contribution < 1.29 is 8.42 Å². The van der Waals surface area contributed by atoms with Gasteiger partial charge in [0.15, 0.2) is 0 Å². The molecule has 0 bridgehead atoms. The van der Waals surface area contributed by atoms with Gasteiger partial charge >= 0.3 is 0 Å². The molecule has 0 radical (unpaired) electrons. The zero-order chi connectivity index (χ0) is 14.8. The van der Waals surface area contributed by atoms with Crippen LogP contribution in [0.1, 0.15) is 31.1 Å². The van der Waals surface area contributed by atoms with Gasteiger partial charge in [-0.2, -0.15) is 4.31 Å². The van der Waals surface area contributed by atoms with E-state index in [1.807, 2.05) is 7.05 Å². The Morgan fingerprint density at radius 2 is 2.30 bits per heavy atom. The topological polar surface area (TPSA) is 49.4 Å². The third-order valence-corrected chi connectivity index (χ3v) is 7.85. The Bertz CT molecular complexity index is 557. The Morgan fingerprint density at radius 3 is 2.95 bits per heavy atom. The van der Waals surface area contributed by atoms with E-state index in [-0.39, 0.29) is 0 Å². The molecule has 1 atom stereocenters. The Hall–Kier alpha value is 0.0500. The van der Waals surface area contributed by atoms with Crippen LogP contribution in [0.3, 0.4) is 0 Å². The van der Waals surface area contributed by atoms with Gasteiger partial charge in [-0.25, -0.2) is 8.42 Å². The van der Waals surface area contributed by atoms with Crippen LogP contribution >= 0.6 is 27.3 Å². The summed E-state index contributed by atoms with van der Waals surface area (Å²) in [5, 5.41) is 3.05. The number of nitrogens with zero attached hydrogens (tertiary/aromatic N) is 1. The molecule has 0 aliphatic carbocycles. The fourth-order valence-electron chi connectivity index (χ4n) is 2.55. The third-order valence-electron chi connectivity index (χ3n) is 3.73. The Labute approximate surface area is 133 Å². The van der Waals surface area contributed by atoms with Crippen LogP contribution in [-0.4, -0.2) is 32.9 Å². The number of thiophene rings is 1.